The van der Waals surface area contributed by atoms with Crippen LogP contribution in [0.25, 0.3) is 76.8 Å². The SMILES string of the molecule is c1ccc(-c2ccccc2-c2c3ccccc3c(-c3ccc4c(c3)OCCc3cc5ccccc5cc3-4)c3ccccc23)cc1. The van der Waals surface area contributed by atoms with Crippen LogP contribution in [0.1, 0.15) is 5.56 Å². The third kappa shape index (κ3) is 4.24. The maximum Gasteiger partial charge on any atom is 0.127 e. The van der Waals surface area contributed by atoms with Crippen LogP contribution >= 0.6 is 0 Å². The van der Waals surface area contributed by atoms with Gasteiger partial charge in [-0.2, -0.15) is 0 Å². The van der Waals surface area contributed by atoms with Crippen molar-refractivity contribution in [3.8, 4) is 50.3 Å². The van der Waals surface area contributed by atoms with Crippen molar-refractivity contribution < 1.29 is 4.74 Å². The molecule has 0 aromatic heterocycles. The van der Waals surface area contributed by atoms with Gasteiger partial charge in [-0.25, -0.2) is 0 Å². The zero-order chi connectivity index (χ0) is 29.7. The van der Waals surface area contributed by atoms with E-state index in [0.717, 1.165) is 12.2 Å². The Balaban J connectivity index is 1.29. The van der Waals surface area contributed by atoms with Gasteiger partial charge in [-0.15, -0.1) is 0 Å². The highest BCUT2D eigenvalue weighted by atomic mass is 16.5. The van der Waals surface area contributed by atoms with Crippen LogP contribution in [-0.4, -0.2) is 6.61 Å². The molecule has 0 atom stereocenters. The van der Waals surface area contributed by atoms with Crippen LogP contribution in [0.3, 0.4) is 0 Å². The Morgan fingerprint density at radius 1 is 0.378 bits per heavy atom. The molecule has 1 aliphatic rings. The van der Waals surface area contributed by atoms with Crippen LogP contribution < -0.4 is 4.74 Å². The summed E-state index contributed by atoms with van der Waals surface area (Å²) >= 11 is 0. The van der Waals surface area contributed by atoms with Gasteiger partial charge in [0, 0.05) is 12.0 Å². The zero-order valence-electron chi connectivity index (χ0n) is 24.8. The second-order valence-electron chi connectivity index (χ2n) is 11.9. The Morgan fingerprint density at radius 3 is 1.67 bits per heavy atom. The van der Waals surface area contributed by atoms with E-state index in [-0.39, 0.29) is 0 Å². The number of hydrogen-bond acceptors (Lipinski definition) is 1. The summed E-state index contributed by atoms with van der Waals surface area (Å²) in [5.74, 6) is 0.952. The molecule has 1 aliphatic heterocycles. The lowest BCUT2D eigenvalue weighted by Crippen LogP contribution is -1.99. The van der Waals surface area contributed by atoms with Gasteiger partial charge in [0.1, 0.15) is 5.75 Å². The normalized spacial score (nSPS) is 12.4. The van der Waals surface area contributed by atoms with E-state index in [2.05, 4.69) is 158 Å². The fourth-order valence-electron chi connectivity index (χ4n) is 7.34. The fourth-order valence-corrected chi connectivity index (χ4v) is 7.34. The van der Waals surface area contributed by atoms with Gasteiger partial charge in [0.2, 0.25) is 0 Å². The average molecular weight is 575 g/mol. The number of rotatable bonds is 3. The van der Waals surface area contributed by atoms with Crippen LogP contribution in [0, 0.1) is 0 Å². The first-order valence-corrected chi connectivity index (χ1v) is 15.7. The molecule has 45 heavy (non-hydrogen) atoms. The van der Waals surface area contributed by atoms with Gasteiger partial charge < -0.3 is 4.74 Å². The van der Waals surface area contributed by atoms with Gasteiger partial charge >= 0.3 is 0 Å². The molecule has 8 aromatic carbocycles. The molecule has 0 amide bonds. The van der Waals surface area contributed by atoms with E-state index in [1.807, 2.05) is 0 Å². The molecule has 212 valence electrons. The molecule has 1 heteroatoms. The summed E-state index contributed by atoms with van der Waals surface area (Å²) in [6.07, 6.45) is 0.894. The second kappa shape index (κ2) is 10.5. The van der Waals surface area contributed by atoms with Crippen molar-refractivity contribution in [2.45, 2.75) is 6.42 Å². The minimum absolute atomic E-state index is 0.665. The summed E-state index contributed by atoms with van der Waals surface area (Å²) in [6.45, 7) is 0.665. The first kappa shape index (κ1) is 25.8. The van der Waals surface area contributed by atoms with E-state index in [9.17, 15) is 0 Å². The third-order valence-electron chi connectivity index (χ3n) is 9.37. The van der Waals surface area contributed by atoms with Crippen molar-refractivity contribution in [2.75, 3.05) is 6.61 Å². The highest BCUT2D eigenvalue weighted by Gasteiger charge is 2.21. The van der Waals surface area contributed by atoms with E-state index in [1.165, 1.54) is 82.4 Å². The molecule has 0 saturated carbocycles. The predicted octanol–water partition coefficient (Wildman–Crippen LogP) is 11.7. The van der Waals surface area contributed by atoms with E-state index in [1.54, 1.807) is 0 Å². The Labute approximate surface area is 263 Å². The summed E-state index contributed by atoms with van der Waals surface area (Å²) in [6, 6.07) is 57.4. The number of fused-ring (bicyclic) bond motifs is 6. The van der Waals surface area contributed by atoms with Gasteiger partial charge in [0.15, 0.2) is 0 Å². The van der Waals surface area contributed by atoms with Crippen LogP contribution in [0.5, 0.6) is 5.75 Å². The molecular weight excluding hydrogens is 544 g/mol. The molecule has 9 rings (SSSR count). The molecule has 0 saturated heterocycles. The molecule has 0 radical (unpaired) electrons. The molecule has 0 fully saturated rings. The van der Waals surface area contributed by atoms with Crippen LogP contribution in [0.2, 0.25) is 0 Å². The average Bonchev–Trinajstić information content (AvgIpc) is 3.28. The summed E-state index contributed by atoms with van der Waals surface area (Å²) in [7, 11) is 0. The predicted molar refractivity (Wildman–Crippen MR) is 190 cm³/mol. The van der Waals surface area contributed by atoms with E-state index in [0.29, 0.717) is 6.61 Å². The molecule has 8 aromatic rings. The second-order valence-corrected chi connectivity index (χ2v) is 11.9. The first-order valence-electron chi connectivity index (χ1n) is 15.7. The first-order chi connectivity index (χ1) is 22.3. The van der Waals surface area contributed by atoms with Crippen molar-refractivity contribution >= 4 is 32.3 Å². The standard InChI is InChI=1S/C44H30O/c1-2-12-29(13-3-1)34-16-6-7-17-36(34)44-39-20-10-8-18-37(39)43(38-19-9-11-21-40(38)44)33-22-23-35-41-27-31-15-5-4-14-30(31)26-32(41)24-25-45-42(35)28-33/h1-23,26-28H,24-25H2. The lowest BCUT2D eigenvalue weighted by atomic mass is 9.83. The molecule has 1 nitrogen and oxygen atoms in total. The Hall–Kier alpha value is -5.66. The van der Waals surface area contributed by atoms with Crippen LogP contribution in [-0.2, 0) is 6.42 Å². The summed E-state index contributed by atoms with van der Waals surface area (Å²) in [5, 5.41) is 7.53. The van der Waals surface area contributed by atoms with Gasteiger partial charge in [-0.05, 0) is 89.0 Å². The molecule has 1 heterocycles. The minimum atomic E-state index is 0.665. The highest BCUT2D eigenvalue weighted by molar-refractivity contribution is 6.22. The monoisotopic (exact) mass is 574 g/mol. The van der Waals surface area contributed by atoms with Gasteiger partial charge in [0.25, 0.3) is 0 Å². The van der Waals surface area contributed by atoms with Crippen molar-refractivity contribution in [2.24, 2.45) is 0 Å². The lowest BCUT2D eigenvalue weighted by molar-refractivity contribution is 0.326. The summed E-state index contributed by atoms with van der Waals surface area (Å²) in [4.78, 5) is 0. The smallest absolute Gasteiger partial charge is 0.127 e. The maximum atomic E-state index is 6.50. The van der Waals surface area contributed by atoms with Crippen molar-refractivity contribution in [1.82, 2.24) is 0 Å². The topological polar surface area (TPSA) is 9.23 Å². The summed E-state index contributed by atoms with van der Waals surface area (Å²) < 4.78 is 6.50. The molecule has 0 bridgehead atoms. The lowest BCUT2D eigenvalue weighted by Gasteiger charge is -2.20. The molecule has 0 spiro atoms. The van der Waals surface area contributed by atoms with E-state index >= 15 is 0 Å². The van der Waals surface area contributed by atoms with Crippen molar-refractivity contribution in [3.05, 3.63) is 163 Å². The zero-order valence-corrected chi connectivity index (χ0v) is 24.8. The van der Waals surface area contributed by atoms with E-state index < -0.39 is 0 Å². The van der Waals surface area contributed by atoms with Gasteiger partial charge in [0.05, 0.1) is 6.61 Å². The molecule has 0 unspecified atom stereocenters. The highest BCUT2D eigenvalue weighted by Crippen LogP contribution is 2.47. The largest absolute Gasteiger partial charge is 0.493 e. The quantitative estimate of drug-likeness (QED) is 0.191. The Bertz CT molecular complexity index is 2340. The summed E-state index contributed by atoms with van der Waals surface area (Å²) in [5.41, 5.74) is 11.2. The minimum Gasteiger partial charge on any atom is -0.493 e. The van der Waals surface area contributed by atoms with Crippen molar-refractivity contribution in [1.29, 1.82) is 0 Å². The van der Waals surface area contributed by atoms with Crippen LogP contribution in [0.15, 0.2) is 158 Å². The number of hydrogen-bond donors (Lipinski definition) is 0. The van der Waals surface area contributed by atoms with Crippen molar-refractivity contribution in [3.63, 3.8) is 0 Å². The van der Waals surface area contributed by atoms with E-state index in [4.69, 9.17) is 4.74 Å². The maximum absolute atomic E-state index is 6.50. The third-order valence-corrected chi connectivity index (χ3v) is 9.37. The Morgan fingerprint density at radius 2 is 0.956 bits per heavy atom. The number of benzene rings is 8. The molecule has 0 N–H and O–H groups in total. The fraction of sp³-hybridized carbons (Fsp3) is 0.0455. The molecular formula is C44H30O. The number of ether oxygens (including phenoxy) is 1. The van der Waals surface area contributed by atoms with Gasteiger partial charge in [-0.1, -0.05) is 146 Å². The van der Waals surface area contributed by atoms with Gasteiger partial charge in [-0.3, -0.25) is 0 Å². The molecule has 0 aliphatic carbocycles. The van der Waals surface area contributed by atoms with Crippen LogP contribution in [0.4, 0.5) is 0 Å². The Kier molecular flexibility index (Phi) is 6.02.